The van der Waals surface area contributed by atoms with Crippen molar-refractivity contribution in [3.63, 3.8) is 0 Å². The summed E-state index contributed by atoms with van der Waals surface area (Å²) in [5, 5.41) is 9.08. The summed E-state index contributed by atoms with van der Waals surface area (Å²) in [4.78, 5) is 6.45. The van der Waals surface area contributed by atoms with E-state index in [2.05, 4.69) is 15.9 Å². The van der Waals surface area contributed by atoms with E-state index in [0.29, 0.717) is 18.7 Å². The number of fused-ring (bicyclic) bond motifs is 2. The number of aliphatic hydroxyl groups is 1. The van der Waals surface area contributed by atoms with Gasteiger partial charge in [0, 0.05) is 49.1 Å². The predicted octanol–water partition coefficient (Wildman–Crippen LogP) is 4.21. The quantitative estimate of drug-likeness (QED) is 0.684. The van der Waals surface area contributed by atoms with Gasteiger partial charge in [-0.2, -0.15) is 13.2 Å². The molecule has 2 aromatic rings. The highest BCUT2D eigenvalue weighted by molar-refractivity contribution is 7.99. The Hall–Kier alpha value is -1.80. The third kappa shape index (κ3) is 4.53. The van der Waals surface area contributed by atoms with Gasteiger partial charge < -0.3 is 5.11 Å². The van der Waals surface area contributed by atoms with E-state index < -0.39 is 11.7 Å². The molecule has 0 amide bonds. The minimum Gasteiger partial charge on any atom is -0.395 e. The lowest BCUT2D eigenvalue weighted by atomic mass is 9.95. The first-order valence-corrected chi connectivity index (χ1v) is 10.5. The number of hydrogen-bond acceptors (Lipinski definition) is 4. The first-order valence-electron chi connectivity index (χ1n) is 9.70. The largest absolute Gasteiger partial charge is 0.416 e. The number of benzene rings is 2. The van der Waals surface area contributed by atoms with Crippen molar-refractivity contribution < 1.29 is 18.3 Å². The second-order valence-electron chi connectivity index (χ2n) is 7.29. The summed E-state index contributed by atoms with van der Waals surface area (Å²) in [6, 6.07) is 11.9. The van der Waals surface area contributed by atoms with Crippen molar-refractivity contribution in [3.05, 3.63) is 65.2 Å². The second-order valence-corrected chi connectivity index (χ2v) is 8.37. The molecule has 0 saturated carbocycles. The van der Waals surface area contributed by atoms with E-state index in [1.165, 1.54) is 17.8 Å². The Morgan fingerprint density at radius 3 is 2.34 bits per heavy atom. The molecule has 0 atom stereocenters. The van der Waals surface area contributed by atoms with E-state index in [-0.39, 0.29) is 6.61 Å². The van der Waals surface area contributed by atoms with Crippen LogP contribution in [0.15, 0.2) is 58.3 Å². The summed E-state index contributed by atoms with van der Waals surface area (Å²) in [5.74, 6) is 0. The molecular formula is C22H23F3N2OS. The van der Waals surface area contributed by atoms with Crippen LogP contribution < -0.4 is 0 Å². The molecule has 2 aliphatic rings. The molecule has 0 aromatic heterocycles. The molecule has 1 N–H and O–H groups in total. The predicted molar refractivity (Wildman–Crippen MR) is 109 cm³/mol. The van der Waals surface area contributed by atoms with Crippen molar-refractivity contribution in [2.45, 2.75) is 16.0 Å². The molecule has 4 rings (SSSR count). The fraction of sp³-hybridized carbons (Fsp3) is 0.364. The summed E-state index contributed by atoms with van der Waals surface area (Å²) in [5.41, 5.74) is 1.91. The van der Waals surface area contributed by atoms with Crippen molar-refractivity contribution in [1.82, 2.24) is 9.80 Å². The van der Waals surface area contributed by atoms with Gasteiger partial charge in [0.05, 0.1) is 12.2 Å². The van der Waals surface area contributed by atoms with Crippen LogP contribution in [0.25, 0.3) is 5.57 Å². The Morgan fingerprint density at radius 1 is 0.931 bits per heavy atom. The number of aliphatic hydroxyl groups excluding tert-OH is 1. The van der Waals surface area contributed by atoms with Crippen molar-refractivity contribution in [2.24, 2.45) is 0 Å². The highest BCUT2D eigenvalue weighted by Gasteiger charge is 2.32. The molecule has 1 fully saturated rings. The smallest absolute Gasteiger partial charge is 0.395 e. The molecule has 2 heterocycles. The summed E-state index contributed by atoms with van der Waals surface area (Å²) >= 11 is 1.52. The number of nitrogens with zero attached hydrogens (tertiary/aromatic N) is 2. The van der Waals surface area contributed by atoms with Gasteiger partial charge in [-0.15, -0.1) is 0 Å². The zero-order valence-corrected chi connectivity index (χ0v) is 16.8. The first kappa shape index (κ1) is 20.5. The SMILES string of the molecule is OCCN1CCN(C/C=C2/c3ccccc3Sc3ccc(C(F)(F)F)cc32)CC1. The van der Waals surface area contributed by atoms with Crippen LogP contribution >= 0.6 is 11.8 Å². The Labute approximate surface area is 172 Å². The molecule has 1 saturated heterocycles. The average Bonchev–Trinajstić information content (AvgIpc) is 2.71. The van der Waals surface area contributed by atoms with Gasteiger partial charge in [0.2, 0.25) is 0 Å². The minimum absolute atomic E-state index is 0.164. The fourth-order valence-corrected chi connectivity index (χ4v) is 4.91. The van der Waals surface area contributed by atoms with Crippen LogP contribution in [0, 0.1) is 0 Å². The zero-order valence-electron chi connectivity index (χ0n) is 16.0. The van der Waals surface area contributed by atoms with Crippen molar-refractivity contribution in [3.8, 4) is 0 Å². The van der Waals surface area contributed by atoms with E-state index in [1.54, 1.807) is 6.07 Å². The van der Waals surface area contributed by atoms with E-state index in [0.717, 1.165) is 53.2 Å². The summed E-state index contributed by atoms with van der Waals surface area (Å²) in [6.45, 7) is 5.10. The van der Waals surface area contributed by atoms with Gasteiger partial charge in [-0.1, -0.05) is 36.0 Å². The summed E-state index contributed by atoms with van der Waals surface area (Å²) < 4.78 is 39.9. The number of piperazine rings is 1. The van der Waals surface area contributed by atoms with Gasteiger partial charge in [0.25, 0.3) is 0 Å². The summed E-state index contributed by atoms with van der Waals surface area (Å²) in [6.07, 6.45) is -2.29. The molecule has 154 valence electrons. The van der Waals surface area contributed by atoms with E-state index in [4.69, 9.17) is 5.11 Å². The van der Waals surface area contributed by atoms with Crippen LogP contribution in [-0.4, -0.2) is 60.8 Å². The maximum atomic E-state index is 13.3. The monoisotopic (exact) mass is 420 g/mol. The van der Waals surface area contributed by atoms with Gasteiger partial charge in [-0.05, 0) is 41.0 Å². The Morgan fingerprint density at radius 2 is 1.62 bits per heavy atom. The van der Waals surface area contributed by atoms with Crippen LogP contribution in [0.4, 0.5) is 13.2 Å². The van der Waals surface area contributed by atoms with E-state index in [1.807, 2.05) is 24.3 Å². The zero-order chi connectivity index (χ0) is 20.4. The maximum absolute atomic E-state index is 13.3. The molecule has 0 radical (unpaired) electrons. The minimum atomic E-state index is -4.36. The second kappa shape index (κ2) is 8.52. The van der Waals surface area contributed by atoms with Crippen LogP contribution in [0.1, 0.15) is 16.7 Å². The fourth-order valence-electron chi connectivity index (χ4n) is 3.82. The molecule has 0 unspecified atom stereocenters. The van der Waals surface area contributed by atoms with Crippen molar-refractivity contribution in [2.75, 3.05) is 45.9 Å². The first-order chi connectivity index (χ1) is 14.0. The molecule has 7 heteroatoms. The van der Waals surface area contributed by atoms with Crippen LogP contribution in [0.5, 0.6) is 0 Å². The number of halogens is 3. The lowest BCUT2D eigenvalue weighted by Crippen LogP contribution is -2.47. The van der Waals surface area contributed by atoms with Crippen LogP contribution in [0.3, 0.4) is 0 Å². The van der Waals surface area contributed by atoms with Gasteiger partial charge >= 0.3 is 6.18 Å². The molecule has 0 spiro atoms. The van der Waals surface area contributed by atoms with Crippen molar-refractivity contribution in [1.29, 1.82) is 0 Å². The van der Waals surface area contributed by atoms with Crippen molar-refractivity contribution >= 4 is 17.3 Å². The lowest BCUT2D eigenvalue weighted by Gasteiger charge is -2.34. The normalized spacial score (nSPS) is 19.2. The Kier molecular flexibility index (Phi) is 6.01. The molecule has 2 aromatic carbocycles. The molecule has 29 heavy (non-hydrogen) atoms. The lowest BCUT2D eigenvalue weighted by molar-refractivity contribution is -0.137. The van der Waals surface area contributed by atoms with Gasteiger partial charge in [-0.3, -0.25) is 9.80 Å². The third-order valence-electron chi connectivity index (χ3n) is 5.43. The number of rotatable bonds is 4. The highest BCUT2D eigenvalue weighted by Crippen LogP contribution is 2.46. The van der Waals surface area contributed by atoms with Crippen LogP contribution in [-0.2, 0) is 6.18 Å². The molecule has 0 bridgehead atoms. The molecule has 3 nitrogen and oxygen atoms in total. The average molecular weight is 421 g/mol. The standard InChI is InChI=1S/C22H23F3N2OS/c23-22(24,25)16-5-6-21-19(15-16)17(18-3-1-2-4-20(18)29-21)7-8-26-9-11-27(12-10-26)13-14-28/h1-7,15,28H,8-14H2/b17-7-. The van der Waals surface area contributed by atoms with Gasteiger partial charge in [0.1, 0.15) is 0 Å². The van der Waals surface area contributed by atoms with E-state index in [9.17, 15) is 13.2 Å². The molecule has 0 aliphatic carbocycles. The van der Waals surface area contributed by atoms with Crippen LogP contribution in [0.2, 0.25) is 0 Å². The number of alkyl halides is 3. The number of β-amino-alcohol motifs (C(OH)–C–C–N with tert-alkyl or cyclic N) is 1. The summed E-state index contributed by atoms with van der Waals surface area (Å²) in [7, 11) is 0. The maximum Gasteiger partial charge on any atom is 0.416 e. The number of hydrogen-bond donors (Lipinski definition) is 1. The molecular weight excluding hydrogens is 397 g/mol. The Balaban J connectivity index is 1.63. The molecule has 2 aliphatic heterocycles. The topological polar surface area (TPSA) is 26.7 Å². The van der Waals surface area contributed by atoms with E-state index >= 15 is 0 Å². The third-order valence-corrected chi connectivity index (χ3v) is 6.58. The highest BCUT2D eigenvalue weighted by atomic mass is 32.2. The van der Waals surface area contributed by atoms with Gasteiger partial charge in [-0.25, -0.2) is 0 Å². The van der Waals surface area contributed by atoms with Gasteiger partial charge in [0.15, 0.2) is 0 Å². The Bertz CT molecular complexity index is 905.